The maximum absolute atomic E-state index is 5.65. The van der Waals surface area contributed by atoms with Crippen LogP contribution in [0.2, 0.25) is 0 Å². The highest BCUT2D eigenvalue weighted by Gasteiger charge is 2.10. The van der Waals surface area contributed by atoms with Crippen molar-refractivity contribution >= 4 is 22.9 Å². The largest absolute Gasteiger partial charge is 0.494 e. The van der Waals surface area contributed by atoms with Gasteiger partial charge < -0.3 is 4.74 Å². The molecule has 0 radical (unpaired) electrons. The van der Waals surface area contributed by atoms with E-state index in [2.05, 4.69) is 15.2 Å². The standard InChI is InChI=1S/C10H10ClN3OS/c1-15-8-6-12-5-3-7(8)10-14-13-9(16-10)2-4-11/h3,5-6H,2,4H2,1H3. The summed E-state index contributed by atoms with van der Waals surface area (Å²) in [6.07, 6.45) is 4.12. The number of aryl methyl sites for hydroxylation is 1. The molecule has 0 aliphatic heterocycles. The highest BCUT2D eigenvalue weighted by molar-refractivity contribution is 7.14. The SMILES string of the molecule is COc1cnccc1-c1nnc(CCCl)s1. The predicted molar refractivity (Wildman–Crippen MR) is 64.1 cm³/mol. The predicted octanol–water partition coefficient (Wildman–Crippen LogP) is 2.39. The molecular formula is C10H10ClN3OS. The topological polar surface area (TPSA) is 47.9 Å². The van der Waals surface area contributed by atoms with E-state index < -0.39 is 0 Å². The van der Waals surface area contributed by atoms with E-state index in [1.54, 1.807) is 19.5 Å². The zero-order valence-electron chi connectivity index (χ0n) is 8.68. The molecule has 0 bridgehead atoms. The maximum Gasteiger partial charge on any atom is 0.151 e. The third-order valence-corrected chi connectivity index (χ3v) is 3.22. The zero-order valence-corrected chi connectivity index (χ0v) is 10.3. The van der Waals surface area contributed by atoms with Crippen molar-refractivity contribution in [2.45, 2.75) is 6.42 Å². The molecule has 6 heteroatoms. The second kappa shape index (κ2) is 5.23. The van der Waals surface area contributed by atoms with E-state index in [0.29, 0.717) is 11.6 Å². The highest BCUT2D eigenvalue weighted by atomic mass is 35.5. The van der Waals surface area contributed by atoms with Gasteiger partial charge in [-0.3, -0.25) is 4.98 Å². The van der Waals surface area contributed by atoms with E-state index in [-0.39, 0.29) is 0 Å². The van der Waals surface area contributed by atoms with Gasteiger partial charge in [-0.1, -0.05) is 11.3 Å². The Bertz CT molecular complexity index is 475. The summed E-state index contributed by atoms with van der Waals surface area (Å²) < 4.78 is 5.22. The Balaban J connectivity index is 2.34. The molecule has 2 aromatic rings. The van der Waals surface area contributed by atoms with Crippen molar-refractivity contribution in [3.63, 3.8) is 0 Å². The molecule has 4 nitrogen and oxygen atoms in total. The molecule has 0 aliphatic rings. The summed E-state index contributed by atoms with van der Waals surface area (Å²) in [6, 6.07) is 1.86. The van der Waals surface area contributed by atoms with Crippen LogP contribution >= 0.6 is 22.9 Å². The van der Waals surface area contributed by atoms with E-state index in [4.69, 9.17) is 16.3 Å². The number of rotatable bonds is 4. The van der Waals surface area contributed by atoms with E-state index in [0.717, 1.165) is 22.0 Å². The summed E-state index contributed by atoms with van der Waals surface area (Å²) in [7, 11) is 1.61. The van der Waals surface area contributed by atoms with E-state index in [1.807, 2.05) is 6.07 Å². The zero-order chi connectivity index (χ0) is 11.4. The minimum Gasteiger partial charge on any atom is -0.494 e. The van der Waals surface area contributed by atoms with Crippen LogP contribution in [-0.2, 0) is 6.42 Å². The fourth-order valence-corrected chi connectivity index (χ4v) is 2.42. The smallest absolute Gasteiger partial charge is 0.151 e. The number of nitrogens with zero attached hydrogens (tertiary/aromatic N) is 3. The van der Waals surface area contributed by atoms with Gasteiger partial charge in [0.1, 0.15) is 10.8 Å². The fraction of sp³-hybridized carbons (Fsp3) is 0.300. The van der Waals surface area contributed by atoms with E-state index in [1.165, 1.54) is 11.3 Å². The molecule has 2 heterocycles. The molecule has 0 saturated heterocycles. The molecule has 0 fully saturated rings. The van der Waals surface area contributed by atoms with Crippen molar-refractivity contribution in [1.29, 1.82) is 0 Å². The first-order valence-corrected chi connectivity index (χ1v) is 6.07. The van der Waals surface area contributed by atoms with Gasteiger partial charge in [0, 0.05) is 18.5 Å². The Kier molecular flexibility index (Phi) is 3.69. The third kappa shape index (κ3) is 2.31. The molecule has 0 spiro atoms. The highest BCUT2D eigenvalue weighted by Crippen LogP contribution is 2.30. The summed E-state index contributed by atoms with van der Waals surface area (Å²) in [5.74, 6) is 1.26. The monoisotopic (exact) mass is 255 g/mol. The summed E-state index contributed by atoms with van der Waals surface area (Å²) >= 11 is 7.18. The van der Waals surface area contributed by atoms with E-state index in [9.17, 15) is 0 Å². The van der Waals surface area contributed by atoms with Gasteiger partial charge in [0.05, 0.1) is 18.9 Å². The summed E-state index contributed by atoms with van der Waals surface area (Å²) in [4.78, 5) is 4.00. The Labute approximate surface area is 102 Å². The summed E-state index contributed by atoms with van der Waals surface area (Å²) in [5, 5.41) is 9.95. The molecule has 0 atom stereocenters. The second-order valence-corrected chi connectivity index (χ2v) is 4.46. The second-order valence-electron chi connectivity index (χ2n) is 3.02. The molecule has 0 aliphatic carbocycles. The lowest BCUT2D eigenvalue weighted by Crippen LogP contribution is -1.88. The lowest BCUT2D eigenvalue weighted by molar-refractivity contribution is 0.414. The number of pyridine rings is 1. The van der Waals surface area contributed by atoms with Crippen LogP contribution in [0.3, 0.4) is 0 Å². The lowest BCUT2D eigenvalue weighted by atomic mass is 10.2. The number of halogens is 1. The Morgan fingerprint density at radius 1 is 1.44 bits per heavy atom. The van der Waals surface area contributed by atoms with Crippen LogP contribution in [0.4, 0.5) is 0 Å². The van der Waals surface area contributed by atoms with Crippen LogP contribution in [0.15, 0.2) is 18.5 Å². The van der Waals surface area contributed by atoms with Crippen molar-refractivity contribution in [3.05, 3.63) is 23.5 Å². The minimum absolute atomic E-state index is 0.558. The van der Waals surface area contributed by atoms with Crippen LogP contribution in [0.5, 0.6) is 5.75 Å². The normalized spacial score (nSPS) is 10.4. The van der Waals surface area contributed by atoms with Gasteiger partial charge in [-0.2, -0.15) is 0 Å². The number of methoxy groups -OCH3 is 1. The van der Waals surface area contributed by atoms with Gasteiger partial charge in [0.15, 0.2) is 5.01 Å². The van der Waals surface area contributed by atoms with Crippen molar-refractivity contribution in [2.75, 3.05) is 13.0 Å². The number of ether oxygens (including phenoxy) is 1. The first kappa shape index (κ1) is 11.3. The first-order valence-electron chi connectivity index (χ1n) is 4.72. The number of hydrogen-bond donors (Lipinski definition) is 0. The molecule has 2 rings (SSSR count). The van der Waals surface area contributed by atoms with E-state index >= 15 is 0 Å². The quantitative estimate of drug-likeness (QED) is 0.787. The molecule has 16 heavy (non-hydrogen) atoms. The fourth-order valence-electron chi connectivity index (χ4n) is 1.26. The molecule has 0 amide bonds. The van der Waals surface area contributed by atoms with Crippen LogP contribution in [-0.4, -0.2) is 28.2 Å². The van der Waals surface area contributed by atoms with Gasteiger partial charge in [-0.25, -0.2) is 0 Å². The Morgan fingerprint density at radius 2 is 2.31 bits per heavy atom. The Hall–Kier alpha value is -1.20. The molecule has 0 N–H and O–H groups in total. The lowest BCUT2D eigenvalue weighted by Gasteiger charge is -2.02. The minimum atomic E-state index is 0.558. The van der Waals surface area contributed by atoms with Crippen molar-refractivity contribution in [3.8, 4) is 16.3 Å². The summed E-state index contributed by atoms with van der Waals surface area (Å²) in [5.41, 5.74) is 0.913. The van der Waals surface area contributed by atoms with Gasteiger partial charge in [0.25, 0.3) is 0 Å². The van der Waals surface area contributed by atoms with Crippen molar-refractivity contribution in [1.82, 2.24) is 15.2 Å². The molecule has 0 unspecified atom stereocenters. The molecule has 2 aromatic heterocycles. The van der Waals surface area contributed by atoms with Gasteiger partial charge in [-0.05, 0) is 6.07 Å². The molecule has 0 aromatic carbocycles. The molecular weight excluding hydrogens is 246 g/mol. The van der Waals surface area contributed by atoms with Crippen LogP contribution < -0.4 is 4.74 Å². The number of hydrogen-bond acceptors (Lipinski definition) is 5. The maximum atomic E-state index is 5.65. The average molecular weight is 256 g/mol. The summed E-state index contributed by atoms with van der Waals surface area (Å²) in [6.45, 7) is 0. The van der Waals surface area contributed by atoms with Crippen molar-refractivity contribution < 1.29 is 4.74 Å². The number of aromatic nitrogens is 3. The van der Waals surface area contributed by atoms with Gasteiger partial charge >= 0.3 is 0 Å². The molecule has 84 valence electrons. The van der Waals surface area contributed by atoms with Crippen LogP contribution in [0.1, 0.15) is 5.01 Å². The molecule has 0 saturated carbocycles. The van der Waals surface area contributed by atoms with Gasteiger partial charge in [0.2, 0.25) is 0 Å². The average Bonchev–Trinajstić information content (AvgIpc) is 2.78. The Morgan fingerprint density at radius 3 is 3.06 bits per heavy atom. The third-order valence-electron chi connectivity index (χ3n) is 2.01. The van der Waals surface area contributed by atoms with Crippen LogP contribution in [0, 0.1) is 0 Å². The van der Waals surface area contributed by atoms with Crippen molar-refractivity contribution in [2.24, 2.45) is 0 Å². The first-order chi connectivity index (χ1) is 7.85. The van der Waals surface area contributed by atoms with Crippen LogP contribution in [0.25, 0.3) is 10.6 Å². The number of alkyl halides is 1. The van der Waals surface area contributed by atoms with Gasteiger partial charge in [-0.15, -0.1) is 21.8 Å².